The number of hydrogen-bond acceptors (Lipinski definition) is 0. The minimum Gasteiger partial charge on any atom is -1.00 e. The molecule has 0 heterocycles. The molecule has 0 aliphatic carbocycles. The zero-order chi connectivity index (χ0) is 15.2. The van der Waals surface area contributed by atoms with Crippen LogP contribution in [0.4, 0.5) is 0 Å². The minimum absolute atomic E-state index is 0. The molecule has 0 aliphatic rings. The first-order valence-corrected chi connectivity index (χ1v) is 10.1. The zero-order valence-electron chi connectivity index (χ0n) is 15.8. The minimum atomic E-state index is -0.184. The van der Waals surface area contributed by atoms with E-state index in [4.69, 9.17) is 0 Å². The SMILES string of the molecule is CCCCC[c-]1c(C)c(C)c(C)c1C[SiH2]c1ccccc1.[Cl-].[Cl-].[Cl-].[Ti+4]. The molecule has 0 unspecified atom stereocenters. The Hall–Kier alpha value is 0.371. The van der Waals surface area contributed by atoms with Gasteiger partial charge in [0, 0.05) is 0 Å². The van der Waals surface area contributed by atoms with Crippen LogP contribution in [0.3, 0.4) is 0 Å². The smallest absolute Gasteiger partial charge is 1.00 e. The van der Waals surface area contributed by atoms with E-state index in [2.05, 4.69) is 58.0 Å². The quantitative estimate of drug-likeness (QED) is 0.225. The Bertz CT molecular complexity index is 582. The third-order valence-corrected chi connectivity index (χ3v) is 6.73. The Kier molecular flexibility index (Phi) is 18.6. The van der Waals surface area contributed by atoms with E-state index in [0.717, 1.165) is 0 Å². The Morgan fingerprint density at radius 1 is 0.880 bits per heavy atom. The maximum atomic E-state index is 2.33. The van der Waals surface area contributed by atoms with Crippen LogP contribution in [0.25, 0.3) is 0 Å². The Morgan fingerprint density at radius 2 is 1.48 bits per heavy atom. The van der Waals surface area contributed by atoms with Crippen LogP contribution in [-0.4, -0.2) is 9.52 Å². The Labute approximate surface area is 190 Å². The second-order valence-corrected chi connectivity index (χ2v) is 8.09. The summed E-state index contributed by atoms with van der Waals surface area (Å²) in [6.07, 6.45) is 5.30. The van der Waals surface area contributed by atoms with Gasteiger partial charge in [0.1, 0.15) is 0 Å². The summed E-state index contributed by atoms with van der Waals surface area (Å²) in [6, 6.07) is 12.4. The number of hydrogen-bond donors (Lipinski definition) is 0. The topological polar surface area (TPSA) is 0 Å². The fourth-order valence-corrected chi connectivity index (χ4v) is 5.15. The first kappa shape index (κ1) is 30.1. The fourth-order valence-electron chi connectivity index (χ4n) is 3.33. The molecular formula is C20H29Cl3SiTi. The van der Waals surface area contributed by atoms with Gasteiger partial charge in [0.15, 0.2) is 0 Å². The summed E-state index contributed by atoms with van der Waals surface area (Å²) < 4.78 is 0. The predicted molar refractivity (Wildman–Crippen MR) is 97.8 cm³/mol. The van der Waals surface area contributed by atoms with Gasteiger partial charge in [0.05, 0.1) is 9.52 Å². The molecule has 0 saturated heterocycles. The van der Waals surface area contributed by atoms with Crippen molar-refractivity contribution in [1.29, 1.82) is 0 Å². The van der Waals surface area contributed by atoms with E-state index in [9.17, 15) is 0 Å². The van der Waals surface area contributed by atoms with Crippen LogP contribution in [0.1, 0.15) is 54.0 Å². The number of benzene rings is 1. The molecule has 2 aromatic carbocycles. The van der Waals surface area contributed by atoms with Gasteiger partial charge in [-0.2, -0.15) is 27.8 Å². The standard InChI is InChI=1S/C20H29Si.3ClH.Ti/c1-5-6-8-13-19-16(3)15(2)17(4)20(19)14-21-18-11-9-7-10-12-18;;;;/h7,9-12H,5-6,8,13-14,21H2,1-4H3;3*1H;/q-1;;;;+4/p-3. The van der Waals surface area contributed by atoms with Crippen LogP contribution >= 0.6 is 0 Å². The van der Waals surface area contributed by atoms with Gasteiger partial charge in [0.25, 0.3) is 0 Å². The van der Waals surface area contributed by atoms with E-state index < -0.39 is 0 Å². The molecule has 0 atom stereocenters. The molecular weight excluding hydrogens is 423 g/mol. The molecule has 5 heteroatoms. The van der Waals surface area contributed by atoms with Crippen LogP contribution < -0.4 is 42.4 Å². The van der Waals surface area contributed by atoms with Crippen LogP contribution in [0.15, 0.2) is 30.3 Å². The van der Waals surface area contributed by atoms with Crippen molar-refractivity contribution in [2.45, 2.75) is 59.4 Å². The molecule has 0 aromatic heterocycles. The summed E-state index contributed by atoms with van der Waals surface area (Å²) in [5.74, 6) is 0. The van der Waals surface area contributed by atoms with Gasteiger partial charge in [-0.25, -0.2) is 0 Å². The van der Waals surface area contributed by atoms with Crippen molar-refractivity contribution in [2.24, 2.45) is 0 Å². The molecule has 138 valence electrons. The normalized spacial score (nSPS) is 9.76. The Morgan fingerprint density at radius 3 is 2.04 bits per heavy atom. The molecule has 0 nitrogen and oxygen atoms in total. The van der Waals surface area contributed by atoms with Crippen LogP contribution in [0.2, 0.25) is 0 Å². The number of rotatable bonds is 7. The summed E-state index contributed by atoms with van der Waals surface area (Å²) in [6.45, 7) is 9.26. The predicted octanol–water partition coefficient (Wildman–Crippen LogP) is -4.93. The molecule has 0 radical (unpaired) electrons. The van der Waals surface area contributed by atoms with Gasteiger partial charge in [-0.3, -0.25) is 0 Å². The zero-order valence-corrected chi connectivity index (χ0v) is 21.0. The molecule has 0 amide bonds. The molecule has 0 aliphatic heterocycles. The van der Waals surface area contributed by atoms with Crippen molar-refractivity contribution in [3.63, 3.8) is 0 Å². The fraction of sp³-hybridized carbons (Fsp3) is 0.450. The van der Waals surface area contributed by atoms with Crippen LogP contribution in [-0.2, 0) is 34.2 Å². The molecule has 2 rings (SSSR count). The molecule has 0 saturated carbocycles. The first-order valence-electron chi connectivity index (χ1n) is 8.43. The van der Waals surface area contributed by atoms with Crippen molar-refractivity contribution >= 4 is 14.7 Å². The van der Waals surface area contributed by atoms with Gasteiger partial charge in [-0.05, 0) is 0 Å². The average molecular weight is 452 g/mol. The van der Waals surface area contributed by atoms with E-state index in [1.165, 1.54) is 31.7 Å². The van der Waals surface area contributed by atoms with E-state index in [1.54, 1.807) is 33.0 Å². The maximum absolute atomic E-state index is 2.33. The summed E-state index contributed by atoms with van der Waals surface area (Å²) >= 11 is 0. The maximum Gasteiger partial charge on any atom is 4.00 e. The second kappa shape index (κ2) is 15.4. The van der Waals surface area contributed by atoms with E-state index in [-0.39, 0.29) is 68.5 Å². The second-order valence-electron chi connectivity index (χ2n) is 6.27. The van der Waals surface area contributed by atoms with Crippen molar-refractivity contribution in [1.82, 2.24) is 0 Å². The molecule has 2 aromatic rings. The van der Waals surface area contributed by atoms with Crippen molar-refractivity contribution in [3.8, 4) is 0 Å². The van der Waals surface area contributed by atoms with Gasteiger partial charge in [-0.1, -0.05) is 94.9 Å². The third-order valence-electron chi connectivity index (χ3n) is 4.93. The number of halogens is 3. The Balaban J connectivity index is -0.00000121. The van der Waals surface area contributed by atoms with Crippen molar-refractivity contribution in [2.75, 3.05) is 0 Å². The van der Waals surface area contributed by atoms with Gasteiger partial charge < -0.3 is 37.2 Å². The molecule has 0 N–H and O–H groups in total. The first-order chi connectivity index (χ1) is 10.1. The summed E-state index contributed by atoms with van der Waals surface area (Å²) in [5, 5.41) is 1.59. The van der Waals surface area contributed by atoms with Gasteiger partial charge >= 0.3 is 21.7 Å². The van der Waals surface area contributed by atoms with Crippen molar-refractivity contribution in [3.05, 3.63) is 58.1 Å². The molecule has 0 spiro atoms. The average Bonchev–Trinajstić information content (AvgIpc) is 2.71. The van der Waals surface area contributed by atoms with Crippen molar-refractivity contribution < 1.29 is 58.9 Å². The number of unbranched alkanes of at least 4 members (excludes halogenated alkanes) is 2. The van der Waals surface area contributed by atoms with E-state index in [0.29, 0.717) is 0 Å². The van der Waals surface area contributed by atoms with Crippen LogP contribution in [0.5, 0.6) is 0 Å². The van der Waals surface area contributed by atoms with E-state index in [1.807, 2.05) is 0 Å². The molecule has 0 bridgehead atoms. The van der Waals surface area contributed by atoms with Gasteiger partial charge in [-0.15, -0.1) is 0 Å². The summed E-state index contributed by atoms with van der Waals surface area (Å²) in [5.41, 5.74) is 8.06. The molecule has 0 fully saturated rings. The van der Waals surface area contributed by atoms with Gasteiger partial charge in [0.2, 0.25) is 0 Å². The third kappa shape index (κ3) is 8.28. The summed E-state index contributed by atoms with van der Waals surface area (Å²) in [4.78, 5) is 0. The molecule has 25 heavy (non-hydrogen) atoms. The van der Waals surface area contributed by atoms with E-state index >= 15 is 0 Å². The summed E-state index contributed by atoms with van der Waals surface area (Å²) in [7, 11) is -0.184. The largest absolute Gasteiger partial charge is 4.00 e. The monoisotopic (exact) mass is 450 g/mol. The van der Waals surface area contributed by atoms with Crippen LogP contribution in [0, 0.1) is 20.8 Å².